The molecule has 0 amide bonds. The lowest BCUT2D eigenvalue weighted by molar-refractivity contribution is 0.414. The summed E-state index contributed by atoms with van der Waals surface area (Å²) < 4.78 is 5.08. The first-order valence-corrected chi connectivity index (χ1v) is 4.50. The molecule has 3 nitrogen and oxygen atoms in total. The summed E-state index contributed by atoms with van der Waals surface area (Å²) in [6, 6.07) is 7.87. The van der Waals surface area contributed by atoms with Crippen molar-refractivity contribution in [3.05, 3.63) is 29.8 Å². The van der Waals surface area contributed by atoms with Gasteiger partial charge in [-0.25, -0.2) is 0 Å². The summed E-state index contributed by atoms with van der Waals surface area (Å²) >= 11 is 0. The van der Waals surface area contributed by atoms with Crippen LogP contribution in [-0.2, 0) is 0 Å². The second-order valence-electron chi connectivity index (χ2n) is 3.26. The van der Waals surface area contributed by atoms with Crippen LogP contribution in [0, 0.1) is 0 Å². The van der Waals surface area contributed by atoms with Crippen LogP contribution < -0.4 is 4.74 Å². The lowest BCUT2D eigenvalue weighted by Crippen LogP contribution is -2.07. The smallest absolute Gasteiger partial charge is 0.118 e. The molecule has 0 spiro atoms. The highest BCUT2D eigenvalue weighted by atomic mass is 16.5. The van der Waals surface area contributed by atoms with Gasteiger partial charge in [0.2, 0.25) is 0 Å². The summed E-state index contributed by atoms with van der Waals surface area (Å²) in [5.41, 5.74) is 2.11. The number of methoxy groups -OCH3 is 1. The standard InChI is InChI=1S/C11H16N2O/c1-9(12-13(2)3)10-5-7-11(14-4)8-6-10/h5-8H,1-4H3. The first-order chi connectivity index (χ1) is 6.63. The van der Waals surface area contributed by atoms with Gasteiger partial charge in [-0.2, -0.15) is 5.10 Å². The average Bonchev–Trinajstić information content (AvgIpc) is 2.17. The lowest BCUT2D eigenvalue weighted by atomic mass is 10.1. The molecule has 0 aliphatic rings. The first kappa shape index (κ1) is 10.6. The van der Waals surface area contributed by atoms with E-state index in [1.54, 1.807) is 12.1 Å². The highest BCUT2D eigenvalue weighted by molar-refractivity contribution is 5.98. The molecule has 1 rings (SSSR count). The van der Waals surface area contributed by atoms with Crippen LogP contribution >= 0.6 is 0 Å². The van der Waals surface area contributed by atoms with Gasteiger partial charge in [-0.3, -0.25) is 0 Å². The fourth-order valence-electron chi connectivity index (χ4n) is 1.19. The molecule has 0 fully saturated rings. The van der Waals surface area contributed by atoms with Crippen LogP contribution in [0.2, 0.25) is 0 Å². The van der Waals surface area contributed by atoms with Crippen LogP contribution in [0.5, 0.6) is 5.75 Å². The van der Waals surface area contributed by atoms with Gasteiger partial charge in [0.1, 0.15) is 5.75 Å². The van der Waals surface area contributed by atoms with E-state index < -0.39 is 0 Å². The van der Waals surface area contributed by atoms with Gasteiger partial charge in [-0.15, -0.1) is 0 Å². The minimum Gasteiger partial charge on any atom is -0.497 e. The molecular formula is C11H16N2O. The van der Waals surface area contributed by atoms with Crippen molar-refractivity contribution in [2.75, 3.05) is 21.2 Å². The molecule has 0 aliphatic heterocycles. The van der Waals surface area contributed by atoms with E-state index in [9.17, 15) is 0 Å². The van der Waals surface area contributed by atoms with Crippen LogP contribution in [0.15, 0.2) is 29.4 Å². The van der Waals surface area contributed by atoms with Crippen molar-refractivity contribution in [1.29, 1.82) is 0 Å². The molecule has 3 heteroatoms. The van der Waals surface area contributed by atoms with Crippen LogP contribution in [0.1, 0.15) is 12.5 Å². The number of hydrogen-bond acceptors (Lipinski definition) is 3. The molecule has 0 aliphatic carbocycles. The Hall–Kier alpha value is -1.51. The van der Waals surface area contributed by atoms with Crippen molar-refractivity contribution in [2.45, 2.75) is 6.92 Å². The zero-order chi connectivity index (χ0) is 10.6. The molecule has 1 aromatic carbocycles. The van der Waals surface area contributed by atoms with Crippen molar-refractivity contribution < 1.29 is 4.74 Å². The highest BCUT2D eigenvalue weighted by Gasteiger charge is 1.98. The molecule has 0 bridgehead atoms. The topological polar surface area (TPSA) is 24.8 Å². The normalized spacial score (nSPS) is 11.3. The predicted molar refractivity (Wildman–Crippen MR) is 58.9 cm³/mol. The molecule has 0 radical (unpaired) electrons. The molecular weight excluding hydrogens is 176 g/mol. The molecule has 0 heterocycles. The second-order valence-corrected chi connectivity index (χ2v) is 3.26. The fourth-order valence-corrected chi connectivity index (χ4v) is 1.19. The van der Waals surface area contributed by atoms with Crippen molar-refractivity contribution in [3.63, 3.8) is 0 Å². The number of ether oxygens (including phenoxy) is 1. The molecule has 0 aromatic heterocycles. The Morgan fingerprint density at radius 3 is 2.21 bits per heavy atom. The van der Waals surface area contributed by atoms with Gasteiger partial charge in [0, 0.05) is 14.1 Å². The third-order valence-electron chi connectivity index (χ3n) is 1.86. The first-order valence-electron chi connectivity index (χ1n) is 4.50. The highest BCUT2D eigenvalue weighted by Crippen LogP contribution is 2.11. The molecule has 0 N–H and O–H groups in total. The second kappa shape index (κ2) is 4.65. The summed E-state index contributed by atoms with van der Waals surface area (Å²) in [5.74, 6) is 0.867. The van der Waals surface area contributed by atoms with Gasteiger partial charge in [-0.1, -0.05) is 0 Å². The van der Waals surface area contributed by atoms with E-state index in [0.29, 0.717) is 0 Å². The number of hydrazone groups is 1. The van der Waals surface area contributed by atoms with Gasteiger partial charge >= 0.3 is 0 Å². The van der Waals surface area contributed by atoms with E-state index in [0.717, 1.165) is 17.0 Å². The van der Waals surface area contributed by atoms with Crippen LogP contribution in [-0.4, -0.2) is 31.9 Å². The van der Waals surface area contributed by atoms with Crippen molar-refractivity contribution in [3.8, 4) is 5.75 Å². The number of rotatable bonds is 3. The summed E-state index contributed by atoms with van der Waals surface area (Å²) in [4.78, 5) is 0. The zero-order valence-corrected chi connectivity index (χ0v) is 9.11. The average molecular weight is 192 g/mol. The Labute approximate surface area is 85.0 Å². The largest absolute Gasteiger partial charge is 0.497 e. The van der Waals surface area contributed by atoms with Crippen molar-refractivity contribution >= 4 is 5.71 Å². The molecule has 14 heavy (non-hydrogen) atoms. The quantitative estimate of drug-likeness (QED) is 0.540. The minimum absolute atomic E-state index is 0.867. The van der Waals surface area contributed by atoms with E-state index in [1.807, 2.05) is 45.3 Å². The minimum atomic E-state index is 0.867. The predicted octanol–water partition coefficient (Wildman–Crippen LogP) is 1.98. The SMILES string of the molecule is COc1ccc(C(C)=NN(C)C)cc1. The Morgan fingerprint density at radius 1 is 1.21 bits per heavy atom. The molecule has 0 saturated carbocycles. The van der Waals surface area contributed by atoms with Gasteiger partial charge in [0.25, 0.3) is 0 Å². The molecule has 0 saturated heterocycles. The molecule has 1 aromatic rings. The van der Waals surface area contributed by atoms with Gasteiger partial charge in [0.05, 0.1) is 12.8 Å². The molecule has 76 valence electrons. The Balaban J connectivity index is 2.86. The fraction of sp³-hybridized carbons (Fsp3) is 0.364. The zero-order valence-electron chi connectivity index (χ0n) is 9.11. The summed E-state index contributed by atoms with van der Waals surface area (Å²) in [7, 11) is 5.48. The third kappa shape index (κ3) is 2.76. The van der Waals surface area contributed by atoms with E-state index in [2.05, 4.69) is 5.10 Å². The summed E-state index contributed by atoms with van der Waals surface area (Å²) in [6.45, 7) is 1.99. The number of nitrogens with zero attached hydrogens (tertiary/aromatic N) is 2. The third-order valence-corrected chi connectivity index (χ3v) is 1.86. The molecule has 0 atom stereocenters. The van der Waals surface area contributed by atoms with Crippen molar-refractivity contribution in [2.24, 2.45) is 5.10 Å². The monoisotopic (exact) mass is 192 g/mol. The van der Waals surface area contributed by atoms with E-state index in [-0.39, 0.29) is 0 Å². The van der Waals surface area contributed by atoms with Gasteiger partial charge in [0.15, 0.2) is 0 Å². The van der Waals surface area contributed by atoms with Gasteiger partial charge in [-0.05, 0) is 36.8 Å². The number of benzene rings is 1. The number of hydrogen-bond donors (Lipinski definition) is 0. The lowest BCUT2D eigenvalue weighted by Gasteiger charge is -2.07. The van der Waals surface area contributed by atoms with Gasteiger partial charge < -0.3 is 9.75 Å². The maximum atomic E-state index is 5.08. The Kier molecular flexibility index (Phi) is 3.51. The molecule has 0 unspecified atom stereocenters. The van der Waals surface area contributed by atoms with Crippen LogP contribution in [0.3, 0.4) is 0 Å². The van der Waals surface area contributed by atoms with Crippen molar-refractivity contribution in [1.82, 2.24) is 5.01 Å². The Morgan fingerprint density at radius 2 is 1.79 bits per heavy atom. The van der Waals surface area contributed by atoms with Crippen LogP contribution in [0.4, 0.5) is 0 Å². The van der Waals surface area contributed by atoms with E-state index in [4.69, 9.17) is 4.74 Å². The van der Waals surface area contributed by atoms with E-state index in [1.165, 1.54) is 0 Å². The Bertz CT molecular complexity index is 315. The van der Waals surface area contributed by atoms with E-state index >= 15 is 0 Å². The maximum Gasteiger partial charge on any atom is 0.118 e. The summed E-state index contributed by atoms with van der Waals surface area (Å²) in [5, 5.41) is 6.10. The maximum absolute atomic E-state index is 5.08. The summed E-state index contributed by atoms with van der Waals surface area (Å²) in [6.07, 6.45) is 0. The van der Waals surface area contributed by atoms with Crippen LogP contribution in [0.25, 0.3) is 0 Å².